The van der Waals surface area contributed by atoms with Crippen molar-refractivity contribution in [3.05, 3.63) is 101 Å². The zero-order chi connectivity index (χ0) is 22.1. The molecule has 1 fully saturated rings. The van der Waals surface area contributed by atoms with E-state index in [4.69, 9.17) is 17.3 Å². The Morgan fingerprint density at radius 1 is 1.06 bits per heavy atom. The van der Waals surface area contributed by atoms with Crippen molar-refractivity contribution in [3.8, 4) is 5.75 Å². The second-order valence-electron chi connectivity index (χ2n) is 7.28. The molecule has 0 bridgehead atoms. The van der Waals surface area contributed by atoms with Crippen LogP contribution >= 0.6 is 24.0 Å². The number of hydrogen-bond donors (Lipinski definition) is 1. The van der Waals surface area contributed by atoms with Gasteiger partial charge in [-0.25, -0.2) is 0 Å². The van der Waals surface area contributed by atoms with Gasteiger partial charge in [-0.05, 0) is 23.8 Å². The number of anilines is 1. The number of hydrogen-bond acceptors (Lipinski definition) is 7. The summed E-state index contributed by atoms with van der Waals surface area (Å²) in [6, 6.07) is 20.4. The standard InChI is InChI=1S/C24H18N4O2S2/c29-21-11-5-4-10-18(21)20-13-19(16-7-2-1-3-8-16)26-27(20)15-22-23(30)28(24(31)32-22)17-9-6-12-25-14-17/h1-12,14-15,20,29H,13H2/b22-15-. The molecule has 1 atom stereocenters. The zero-order valence-electron chi connectivity index (χ0n) is 16.8. The van der Waals surface area contributed by atoms with Gasteiger partial charge in [0.1, 0.15) is 5.75 Å². The number of pyridine rings is 1. The molecule has 1 N–H and O–H groups in total. The van der Waals surface area contributed by atoms with Gasteiger partial charge in [0, 0.05) is 24.4 Å². The van der Waals surface area contributed by atoms with Gasteiger partial charge in [0.25, 0.3) is 5.91 Å². The van der Waals surface area contributed by atoms with Crippen LogP contribution in [0.5, 0.6) is 5.75 Å². The largest absolute Gasteiger partial charge is 0.508 e. The van der Waals surface area contributed by atoms with Crippen molar-refractivity contribution in [1.82, 2.24) is 9.99 Å². The number of thiocarbonyl (C=S) groups is 1. The van der Waals surface area contributed by atoms with Crippen LogP contribution in [0.1, 0.15) is 23.6 Å². The molecule has 0 radical (unpaired) electrons. The predicted octanol–water partition coefficient (Wildman–Crippen LogP) is 4.84. The van der Waals surface area contributed by atoms with Gasteiger partial charge in [-0.3, -0.25) is 19.7 Å². The van der Waals surface area contributed by atoms with Crippen molar-refractivity contribution in [2.75, 3.05) is 4.90 Å². The number of phenolic OH excluding ortho intramolecular Hbond substituents is 1. The minimum absolute atomic E-state index is 0.198. The zero-order valence-corrected chi connectivity index (χ0v) is 18.5. The minimum atomic E-state index is -0.242. The number of aromatic nitrogens is 1. The van der Waals surface area contributed by atoms with E-state index < -0.39 is 0 Å². The molecule has 1 aromatic heterocycles. The van der Waals surface area contributed by atoms with Gasteiger partial charge in [0.15, 0.2) is 4.32 Å². The van der Waals surface area contributed by atoms with Gasteiger partial charge in [-0.1, -0.05) is 72.5 Å². The van der Waals surface area contributed by atoms with Gasteiger partial charge in [0.05, 0.1) is 28.5 Å². The smallest absolute Gasteiger partial charge is 0.272 e. The van der Waals surface area contributed by atoms with E-state index in [1.807, 2.05) is 42.5 Å². The summed E-state index contributed by atoms with van der Waals surface area (Å²) < 4.78 is 0.444. The number of thioether (sulfide) groups is 1. The lowest BCUT2D eigenvalue weighted by atomic mass is 9.98. The molecule has 2 aliphatic heterocycles. The quantitative estimate of drug-likeness (QED) is 0.446. The summed E-state index contributed by atoms with van der Waals surface area (Å²) in [5.41, 5.74) is 3.27. The number of phenols is 1. The first kappa shape index (κ1) is 20.4. The van der Waals surface area contributed by atoms with E-state index in [0.717, 1.165) is 16.8 Å². The molecular weight excluding hydrogens is 440 g/mol. The van der Waals surface area contributed by atoms with E-state index in [1.165, 1.54) is 16.7 Å². The molecule has 6 nitrogen and oxygen atoms in total. The van der Waals surface area contributed by atoms with Crippen molar-refractivity contribution in [1.29, 1.82) is 0 Å². The minimum Gasteiger partial charge on any atom is -0.508 e. The number of carbonyl (C=O) groups is 1. The highest BCUT2D eigenvalue weighted by Gasteiger charge is 2.36. The summed E-state index contributed by atoms with van der Waals surface area (Å²) in [5.74, 6) is -0.0179. The third kappa shape index (κ3) is 3.79. The molecule has 3 aromatic rings. The first-order chi connectivity index (χ1) is 15.6. The monoisotopic (exact) mass is 458 g/mol. The fourth-order valence-electron chi connectivity index (χ4n) is 3.76. The Kier molecular flexibility index (Phi) is 5.46. The second kappa shape index (κ2) is 8.57. The fraction of sp³-hybridized carbons (Fsp3) is 0.0833. The Morgan fingerprint density at radius 3 is 2.59 bits per heavy atom. The summed E-state index contributed by atoms with van der Waals surface area (Å²) in [7, 11) is 0. The molecule has 0 saturated carbocycles. The summed E-state index contributed by atoms with van der Waals surface area (Å²) >= 11 is 6.70. The average Bonchev–Trinajstić information content (AvgIpc) is 3.36. The third-order valence-electron chi connectivity index (χ3n) is 5.29. The van der Waals surface area contributed by atoms with Gasteiger partial charge >= 0.3 is 0 Å². The lowest BCUT2D eigenvalue weighted by Crippen LogP contribution is -2.28. The number of para-hydroxylation sites is 1. The normalized spacial score (nSPS) is 19.7. The summed E-state index contributed by atoms with van der Waals surface area (Å²) in [6.45, 7) is 0. The van der Waals surface area contributed by atoms with E-state index in [-0.39, 0.29) is 17.7 Å². The van der Waals surface area contributed by atoms with Crippen LogP contribution in [0.15, 0.2) is 95.3 Å². The van der Waals surface area contributed by atoms with Crippen LogP contribution in [-0.4, -0.2) is 31.0 Å². The van der Waals surface area contributed by atoms with E-state index in [0.29, 0.717) is 21.3 Å². The molecule has 1 unspecified atom stereocenters. The Labute approximate surface area is 194 Å². The summed E-state index contributed by atoms with van der Waals surface area (Å²) in [4.78, 5) is 19.2. The number of amides is 1. The van der Waals surface area contributed by atoms with Crippen molar-refractivity contribution in [2.24, 2.45) is 5.10 Å². The summed E-state index contributed by atoms with van der Waals surface area (Å²) in [6.07, 6.45) is 5.59. The molecule has 0 aliphatic carbocycles. The van der Waals surface area contributed by atoms with Crippen LogP contribution in [-0.2, 0) is 4.79 Å². The third-order valence-corrected chi connectivity index (χ3v) is 6.58. The van der Waals surface area contributed by atoms with Crippen molar-refractivity contribution < 1.29 is 9.90 Å². The molecule has 5 rings (SSSR count). The summed E-state index contributed by atoms with van der Waals surface area (Å²) in [5, 5.41) is 17.0. The SMILES string of the molecule is O=C1/C(=C/N2N=C(c3ccccc3)CC2c2ccccc2O)SC(=S)N1c1cccnc1. The highest BCUT2D eigenvalue weighted by atomic mass is 32.2. The van der Waals surface area contributed by atoms with Crippen LogP contribution in [0, 0.1) is 0 Å². The molecule has 32 heavy (non-hydrogen) atoms. The Bertz CT molecular complexity index is 1250. The van der Waals surface area contributed by atoms with Crippen LogP contribution in [0.4, 0.5) is 5.69 Å². The van der Waals surface area contributed by atoms with Crippen LogP contribution < -0.4 is 4.90 Å². The van der Waals surface area contributed by atoms with Crippen LogP contribution in [0.3, 0.4) is 0 Å². The first-order valence-electron chi connectivity index (χ1n) is 9.99. The molecule has 3 heterocycles. The highest BCUT2D eigenvalue weighted by molar-refractivity contribution is 8.27. The maximum atomic E-state index is 13.2. The van der Waals surface area contributed by atoms with Gasteiger partial charge in [-0.2, -0.15) is 5.10 Å². The molecule has 1 amide bonds. The van der Waals surface area contributed by atoms with Crippen LogP contribution in [0.2, 0.25) is 0 Å². The first-order valence-corrected chi connectivity index (χ1v) is 11.2. The van der Waals surface area contributed by atoms with Gasteiger partial charge in [-0.15, -0.1) is 0 Å². The molecule has 1 saturated heterocycles. The van der Waals surface area contributed by atoms with Gasteiger partial charge in [0.2, 0.25) is 0 Å². The van der Waals surface area contributed by atoms with Crippen molar-refractivity contribution in [2.45, 2.75) is 12.5 Å². The number of rotatable bonds is 4. The Balaban J connectivity index is 1.52. The number of hydrazone groups is 1. The van der Waals surface area contributed by atoms with E-state index in [2.05, 4.69) is 4.98 Å². The Hall–Kier alpha value is -3.49. The van der Waals surface area contributed by atoms with Crippen LogP contribution in [0.25, 0.3) is 0 Å². The lowest BCUT2D eigenvalue weighted by Gasteiger charge is -2.21. The number of carbonyl (C=O) groups excluding carboxylic acids is 1. The molecular formula is C24H18N4O2S2. The fourth-order valence-corrected chi connectivity index (χ4v) is 5.02. The number of benzene rings is 2. The lowest BCUT2D eigenvalue weighted by molar-refractivity contribution is -0.113. The van der Waals surface area contributed by atoms with Crippen molar-refractivity contribution in [3.63, 3.8) is 0 Å². The maximum Gasteiger partial charge on any atom is 0.272 e. The van der Waals surface area contributed by atoms with E-state index in [1.54, 1.807) is 47.9 Å². The molecule has 2 aromatic carbocycles. The topological polar surface area (TPSA) is 69.0 Å². The Morgan fingerprint density at radius 2 is 1.84 bits per heavy atom. The molecule has 8 heteroatoms. The average molecular weight is 459 g/mol. The van der Waals surface area contributed by atoms with Gasteiger partial charge < -0.3 is 5.11 Å². The number of aromatic hydroxyl groups is 1. The molecule has 158 valence electrons. The number of nitrogens with zero attached hydrogens (tertiary/aromatic N) is 4. The van der Waals surface area contributed by atoms with E-state index >= 15 is 0 Å². The van der Waals surface area contributed by atoms with E-state index in [9.17, 15) is 9.90 Å². The predicted molar refractivity (Wildman–Crippen MR) is 130 cm³/mol. The van der Waals surface area contributed by atoms with Crippen molar-refractivity contribution >= 4 is 45.6 Å². The molecule has 2 aliphatic rings. The molecule has 0 spiro atoms. The second-order valence-corrected chi connectivity index (χ2v) is 8.96. The highest BCUT2D eigenvalue weighted by Crippen LogP contribution is 2.40. The maximum absolute atomic E-state index is 13.2.